The molecule has 24 heavy (non-hydrogen) atoms. The van der Waals surface area contributed by atoms with Gasteiger partial charge in [-0.15, -0.1) is 24.0 Å². The third-order valence-electron chi connectivity index (χ3n) is 4.13. The lowest BCUT2D eigenvalue weighted by molar-refractivity contribution is -0.121. The van der Waals surface area contributed by atoms with Gasteiger partial charge in [0.15, 0.2) is 5.96 Å². The number of piperidine rings is 1. The summed E-state index contributed by atoms with van der Waals surface area (Å²) in [6.07, 6.45) is 4.06. The predicted octanol–water partition coefficient (Wildman–Crippen LogP) is 1.76. The van der Waals surface area contributed by atoms with Crippen LogP contribution in [0.4, 0.5) is 4.39 Å². The Morgan fingerprint density at radius 1 is 1.46 bits per heavy atom. The first-order valence-corrected chi connectivity index (χ1v) is 7.89. The number of aliphatic imine (C=N–C) groups is 1. The average molecular weight is 449 g/mol. The molecule has 0 atom stereocenters. The molecule has 134 valence electrons. The summed E-state index contributed by atoms with van der Waals surface area (Å²) in [5.41, 5.74) is 0.378. The number of likely N-dealkylation sites (tertiary alicyclic amines) is 1. The van der Waals surface area contributed by atoms with Gasteiger partial charge in [0.1, 0.15) is 5.82 Å². The van der Waals surface area contributed by atoms with Crippen molar-refractivity contribution >= 4 is 35.8 Å². The van der Waals surface area contributed by atoms with Crippen LogP contribution in [-0.4, -0.2) is 48.9 Å². The quantitative estimate of drug-likeness (QED) is 0.418. The molecule has 8 heteroatoms. The molecule has 2 rings (SSSR count). The first kappa shape index (κ1) is 20.6. The number of carbonyl (C=O) groups is 1. The minimum Gasteiger partial charge on any atom is -0.359 e. The summed E-state index contributed by atoms with van der Waals surface area (Å²) >= 11 is 0. The van der Waals surface area contributed by atoms with Crippen LogP contribution in [0.3, 0.4) is 0 Å². The lowest BCUT2D eigenvalue weighted by Crippen LogP contribution is -2.45. The van der Waals surface area contributed by atoms with Crippen LogP contribution >= 0.6 is 24.0 Å². The second-order valence-electron chi connectivity index (χ2n) is 5.64. The molecule has 1 aliphatic rings. The highest BCUT2D eigenvalue weighted by atomic mass is 127. The molecule has 0 spiro atoms. The number of pyridine rings is 1. The molecular formula is C16H25FIN5O. The van der Waals surface area contributed by atoms with Crippen molar-refractivity contribution in [2.45, 2.75) is 25.8 Å². The van der Waals surface area contributed by atoms with Crippen molar-refractivity contribution in [1.29, 1.82) is 0 Å². The standard InChI is InChI=1S/C16H24FN5O.HI/c1-18-15(23)10-12-5-8-22(9-6-12)16(19-2)21-11-14-13(17)4-3-7-20-14;/h3-4,7,12H,5-6,8-11H2,1-2H3,(H,18,23)(H,19,21);1H. The molecule has 1 aromatic heterocycles. The van der Waals surface area contributed by atoms with Gasteiger partial charge in [-0.3, -0.25) is 14.8 Å². The normalized spacial score (nSPS) is 15.6. The van der Waals surface area contributed by atoms with Crippen LogP contribution in [-0.2, 0) is 11.3 Å². The molecular weight excluding hydrogens is 424 g/mol. The Bertz CT molecular complexity index is 561. The van der Waals surface area contributed by atoms with Crippen LogP contribution in [0.25, 0.3) is 0 Å². The lowest BCUT2D eigenvalue weighted by atomic mass is 9.93. The molecule has 1 aromatic rings. The minimum absolute atomic E-state index is 0. The Morgan fingerprint density at radius 2 is 2.17 bits per heavy atom. The molecule has 0 bridgehead atoms. The lowest BCUT2D eigenvalue weighted by Gasteiger charge is -2.34. The fraction of sp³-hybridized carbons (Fsp3) is 0.562. The number of nitrogens with zero attached hydrogens (tertiary/aromatic N) is 3. The van der Waals surface area contributed by atoms with E-state index in [0.29, 0.717) is 24.6 Å². The Morgan fingerprint density at radius 3 is 2.75 bits per heavy atom. The zero-order valence-corrected chi connectivity index (χ0v) is 16.4. The average Bonchev–Trinajstić information content (AvgIpc) is 2.58. The first-order valence-electron chi connectivity index (χ1n) is 7.89. The molecule has 0 saturated carbocycles. The van der Waals surface area contributed by atoms with Gasteiger partial charge in [0.25, 0.3) is 0 Å². The van der Waals surface area contributed by atoms with Crippen LogP contribution in [0, 0.1) is 11.7 Å². The number of hydrogen-bond acceptors (Lipinski definition) is 3. The van der Waals surface area contributed by atoms with E-state index in [0.717, 1.165) is 31.9 Å². The summed E-state index contributed by atoms with van der Waals surface area (Å²) < 4.78 is 13.6. The Balaban J connectivity index is 0.00000288. The number of nitrogens with one attached hydrogen (secondary N) is 2. The number of rotatable bonds is 4. The number of aromatic nitrogens is 1. The second kappa shape index (κ2) is 10.4. The largest absolute Gasteiger partial charge is 0.359 e. The van der Waals surface area contributed by atoms with Crippen molar-refractivity contribution in [1.82, 2.24) is 20.5 Å². The van der Waals surface area contributed by atoms with Crippen molar-refractivity contribution in [2.75, 3.05) is 27.2 Å². The molecule has 0 aliphatic carbocycles. The maximum absolute atomic E-state index is 13.6. The fourth-order valence-corrected chi connectivity index (χ4v) is 2.76. The molecule has 0 unspecified atom stereocenters. The van der Waals surface area contributed by atoms with Gasteiger partial charge >= 0.3 is 0 Å². The van der Waals surface area contributed by atoms with E-state index in [1.165, 1.54) is 6.07 Å². The van der Waals surface area contributed by atoms with E-state index in [2.05, 4.69) is 25.5 Å². The molecule has 0 radical (unpaired) electrons. The smallest absolute Gasteiger partial charge is 0.220 e. The van der Waals surface area contributed by atoms with Crippen molar-refractivity contribution in [3.8, 4) is 0 Å². The van der Waals surface area contributed by atoms with E-state index in [1.807, 2.05) is 0 Å². The third kappa shape index (κ3) is 5.88. The van der Waals surface area contributed by atoms with Gasteiger partial charge in [-0.25, -0.2) is 4.39 Å². The van der Waals surface area contributed by atoms with Gasteiger partial charge in [0, 0.05) is 39.8 Å². The van der Waals surface area contributed by atoms with E-state index in [4.69, 9.17) is 0 Å². The summed E-state index contributed by atoms with van der Waals surface area (Å²) in [7, 11) is 3.38. The topological polar surface area (TPSA) is 69.6 Å². The summed E-state index contributed by atoms with van der Waals surface area (Å²) in [5, 5.41) is 5.83. The van der Waals surface area contributed by atoms with Crippen molar-refractivity contribution in [2.24, 2.45) is 10.9 Å². The SMILES string of the molecule is CN=C(NCc1ncccc1F)N1CCC(CC(=O)NC)CC1.I. The third-order valence-corrected chi connectivity index (χ3v) is 4.13. The molecule has 6 nitrogen and oxygen atoms in total. The summed E-state index contributed by atoms with van der Waals surface area (Å²) in [5.74, 6) is 0.933. The number of hydrogen-bond donors (Lipinski definition) is 2. The van der Waals surface area contributed by atoms with Crippen LogP contribution in [0.5, 0.6) is 0 Å². The molecule has 2 heterocycles. The molecule has 0 aromatic carbocycles. The number of carbonyl (C=O) groups excluding carboxylic acids is 1. The molecule has 1 amide bonds. The van der Waals surface area contributed by atoms with Gasteiger partial charge in [0.2, 0.25) is 5.91 Å². The van der Waals surface area contributed by atoms with Crippen molar-refractivity contribution in [3.05, 3.63) is 29.8 Å². The van der Waals surface area contributed by atoms with Gasteiger partial charge in [0.05, 0.1) is 12.2 Å². The Hall–Kier alpha value is -1.45. The van der Waals surface area contributed by atoms with Crippen LogP contribution in [0.15, 0.2) is 23.3 Å². The highest BCUT2D eigenvalue weighted by Gasteiger charge is 2.23. The fourth-order valence-electron chi connectivity index (χ4n) is 2.76. The second-order valence-corrected chi connectivity index (χ2v) is 5.64. The molecule has 1 fully saturated rings. The highest BCUT2D eigenvalue weighted by Crippen LogP contribution is 2.20. The van der Waals surface area contributed by atoms with E-state index in [9.17, 15) is 9.18 Å². The van der Waals surface area contributed by atoms with Crippen LogP contribution in [0.1, 0.15) is 25.0 Å². The van der Waals surface area contributed by atoms with Gasteiger partial charge < -0.3 is 15.5 Å². The minimum atomic E-state index is -0.320. The monoisotopic (exact) mass is 449 g/mol. The van der Waals surface area contributed by atoms with Crippen molar-refractivity contribution in [3.63, 3.8) is 0 Å². The van der Waals surface area contributed by atoms with E-state index < -0.39 is 0 Å². The summed E-state index contributed by atoms with van der Waals surface area (Å²) in [6.45, 7) is 1.98. The zero-order chi connectivity index (χ0) is 16.7. The predicted molar refractivity (Wildman–Crippen MR) is 103 cm³/mol. The summed E-state index contributed by atoms with van der Waals surface area (Å²) in [6, 6.07) is 2.97. The van der Waals surface area contributed by atoms with Gasteiger partial charge in [-0.05, 0) is 30.9 Å². The van der Waals surface area contributed by atoms with Crippen molar-refractivity contribution < 1.29 is 9.18 Å². The van der Waals surface area contributed by atoms with Gasteiger partial charge in [-0.2, -0.15) is 0 Å². The van der Waals surface area contributed by atoms with E-state index >= 15 is 0 Å². The first-order chi connectivity index (χ1) is 11.1. The molecule has 1 aliphatic heterocycles. The number of amides is 1. The van der Waals surface area contributed by atoms with Gasteiger partial charge in [-0.1, -0.05) is 0 Å². The Labute approximate surface area is 159 Å². The summed E-state index contributed by atoms with van der Waals surface area (Å²) in [4.78, 5) is 21.9. The maximum atomic E-state index is 13.6. The van der Waals surface area contributed by atoms with E-state index in [-0.39, 0.29) is 35.7 Å². The van der Waals surface area contributed by atoms with E-state index in [1.54, 1.807) is 26.4 Å². The number of guanidine groups is 1. The molecule has 1 saturated heterocycles. The maximum Gasteiger partial charge on any atom is 0.220 e. The van der Waals surface area contributed by atoms with Crippen LogP contribution in [0.2, 0.25) is 0 Å². The highest BCUT2D eigenvalue weighted by molar-refractivity contribution is 14.0. The molecule has 2 N–H and O–H groups in total. The number of halogens is 2. The Kier molecular flexibility index (Phi) is 8.94. The zero-order valence-electron chi connectivity index (χ0n) is 14.1. The van der Waals surface area contributed by atoms with Crippen LogP contribution < -0.4 is 10.6 Å².